The Balaban J connectivity index is 2.33. The van der Waals surface area contributed by atoms with Gasteiger partial charge >= 0.3 is 0 Å². The van der Waals surface area contributed by atoms with Crippen molar-refractivity contribution in [2.75, 3.05) is 11.9 Å². The summed E-state index contributed by atoms with van der Waals surface area (Å²) in [6.45, 7) is 9.12. The first-order valence-corrected chi connectivity index (χ1v) is 7.88. The van der Waals surface area contributed by atoms with Gasteiger partial charge in [-0.3, -0.25) is 0 Å². The Morgan fingerprint density at radius 2 is 2.10 bits per heavy atom. The zero-order valence-electron chi connectivity index (χ0n) is 13.8. The van der Waals surface area contributed by atoms with Crippen LogP contribution in [0.2, 0.25) is 0 Å². The van der Waals surface area contributed by atoms with Gasteiger partial charge in [0.1, 0.15) is 5.75 Å². The van der Waals surface area contributed by atoms with Gasteiger partial charge in [-0.1, -0.05) is 19.4 Å². The SMILES string of the molecule is CCC(C)Oc1cccc(NCCCCC(C)(C)C#N)c1. The number of hydrogen-bond acceptors (Lipinski definition) is 3. The van der Waals surface area contributed by atoms with Crippen LogP contribution in [-0.4, -0.2) is 12.6 Å². The molecule has 0 bridgehead atoms. The molecule has 0 aromatic heterocycles. The molecule has 0 aliphatic heterocycles. The number of hydrogen-bond donors (Lipinski definition) is 1. The van der Waals surface area contributed by atoms with E-state index in [4.69, 9.17) is 10.00 Å². The third-order valence-electron chi connectivity index (χ3n) is 3.61. The Bertz CT molecular complexity index is 463. The van der Waals surface area contributed by atoms with Crippen molar-refractivity contribution in [3.8, 4) is 11.8 Å². The number of nitrogens with zero attached hydrogens (tertiary/aromatic N) is 1. The fourth-order valence-electron chi connectivity index (χ4n) is 1.98. The highest BCUT2D eigenvalue weighted by atomic mass is 16.5. The molecule has 0 aliphatic carbocycles. The zero-order chi connectivity index (χ0) is 15.7. The van der Waals surface area contributed by atoms with Gasteiger partial charge in [0, 0.05) is 18.3 Å². The molecule has 0 aliphatic rings. The number of anilines is 1. The summed E-state index contributed by atoms with van der Waals surface area (Å²) in [4.78, 5) is 0. The number of unbranched alkanes of at least 4 members (excludes halogenated alkanes) is 1. The van der Waals surface area contributed by atoms with E-state index in [2.05, 4.69) is 31.3 Å². The lowest BCUT2D eigenvalue weighted by Crippen LogP contribution is -2.10. The average Bonchev–Trinajstić information content (AvgIpc) is 2.47. The van der Waals surface area contributed by atoms with E-state index in [0.29, 0.717) is 0 Å². The van der Waals surface area contributed by atoms with Gasteiger partial charge in [-0.2, -0.15) is 5.26 Å². The fourth-order valence-corrected chi connectivity index (χ4v) is 1.98. The highest BCUT2D eigenvalue weighted by molar-refractivity contribution is 5.48. The van der Waals surface area contributed by atoms with Crippen LogP contribution in [0.3, 0.4) is 0 Å². The summed E-state index contributed by atoms with van der Waals surface area (Å²) in [5, 5.41) is 12.4. The molecule has 0 fully saturated rings. The van der Waals surface area contributed by atoms with Crippen molar-refractivity contribution in [1.82, 2.24) is 0 Å². The van der Waals surface area contributed by atoms with Gasteiger partial charge in [0.05, 0.1) is 17.6 Å². The molecular weight excluding hydrogens is 260 g/mol. The predicted molar refractivity (Wildman–Crippen MR) is 88.6 cm³/mol. The summed E-state index contributed by atoms with van der Waals surface area (Å²) in [5.41, 5.74) is 0.889. The van der Waals surface area contributed by atoms with E-state index in [9.17, 15) is 0 Å². The van der Waals surface area contributed by atoms with Crippen LogP contribution in [0.5, 0.6) is 5.75 Å². The second-order valence-electron chi connectivity index (χ2n) is 6.24. The van der Waals surface area contributed by atoms with Crippen LogP contribution in [0.25, 0.3) is 0 Å². The zero-order valence-corrected chi connectivity index (χ0v) is 13.8. The van der Waals surface area contributed by atoms with Crippen LogP contribution in [0.4, 0.5) is 5.69 Å². The maximum atomic E-state index is 8.97. The lowest BCUT2D eigenvalue weighted by molar-refractivity contribution is 0.217. The molecule has 0 heterocycles. The fraction of sp³-hybridized carbons (Fsp3) is 0.611. The molecule has 116 valence electrons. The number of ether oxygens (including phenoxy) is 1. The van der Waals surface area contributed by atoms with Crippen molar-refractivity contribution in [2.24, 2.45) is 5.41 Å². The van der Waals surface area contributed by atoms with E-state index >= 15 is 0 Å². The smallest absolute Gasteiger partial charge is 0.121 e. The summed E-state index contributed by atoms with van der Waals surface area (Å²) in [7, 11) is 0. The van der Waals surface area contributed by atoms with E-state index in [0.717, 1.165) is 43.7 Å². The van der Waals surface area contributed by atoms with E-state index in [-0.39, 0.29) is 11.5 Å². The second-order valence-corrected chi connectivity index (χ2v) is 6.24. The third kappa shape index (κ3) is 7.04. The normalized spacial score (nSPS) is 12.5. The van der Waals surface area contributed by atoms with E-state index in [1.54, 1.807) is 0 Å². The van der Waals surface area contributed by atoms with E-state index in [1.807, 2.05) is 32.0 Å². The van der Waals surface area contributed by atoms with Crippen LogP contribution in [0.15, 0.2) is 24.3 Å². The Morgan fingerprint density at radius 1 is 1.33 bits per heavy atom. The molecule has 21 heavy (non-hydrogen) atoms. The van der Waals surface area contributed by atoms with Gasteiger partial charge < -0.3 is 10.1 Å². The average molecular weight is 288 g/mol. The number of nitriles is 1. The highest BCUT2D eigenvalue weighted by Gasteiger charge is 2.15. The van der Waals surface area contributed by atoms with Gasteiger partial charge in [0.15, 0.2) is 0 Å². The maximum absolute atomic E-state index is 8.97. The minimum atomic E-state index is -0.204. The molecule has 0 amide bonds. The second kappa shape index (κ2) is 8.56. The monoisotopic (exact) mass is 288 g/mol. The first-order valence-electron chi connectivity index (χ1n) is 7.88. The summed E-state index contributed by atoms with van der Waals surface area (Å²) >= 11 is 0. The molecule has 1 N–H and O–H groups in total. The standard InChI is InChI=1S/C18H28N2O/c1-5-15(2)21-17-10-8-9-16(13-17)20-12-7-6-11-18(3,4)14-19/h8-10,13,15,20H,5-7,11-12H2,1-4H3. The largest absolute Gasteiger partial charge is 0.491 e. The molecule has 1 aromatic rings. The van der Waals surface area contributed by atoms with Crippen molar-refractivity contribution in [3.63, 3.8) is 0 Å². The Labute approximate surface area is 129 Å². The van der Waals surface area contributed by atoms with Crippen LogP contribution in [0.1, 0.15) is 53.4 Å². The Morgan fingerprint density at radius 3 is 2.76 bits per heavy atom. The Kier molecular flexibility index (Phi) is 7.08. The summed E-state index contributed by atoms with van der Waals surface area (Å²) in [5.74, 6) is 0.917. The molecule has 1 unspecified atom stereocenters. The molecular formula is C18H28N2O. The molecule has 1 aromatic carbocycles. The van der Waals surface area contributed by atoms with E-state index in [1.165, 1.54) is 0 Å². The van der Waals surface area contributed by atoms with Crippen LogP contribution in [-0.2, 0) is 0 Å². The highest BCUT2D eigenvalue weighted by Crippen LogP contribution is 2.22. The van der Waals surface area contributed by atoms with Crippen LogP contribution >= 0.6 is 0 Å². The Hall–Kier alpha value is -1.69. The minimum Gasteiger partial charge on any atom is -0.491 e. The quantitative estimate of drug-likeness (QED) is 0.651. The molecule has 0 saturated carbocycles. The van der Waals surface area contributed by atoms with Gasteiger partial charge in [0.2, 0.25) is 0 Å². The number of benzene rings is 1. The molecule has 0 radical (unpaired) electrons. The minimum absolute atomic E-state index is 0.204. The lowest BCUT2D eigenvalue weighted by Gasteiger charge is -2.15. The molecule has 3 heteroatoms. The van der Waals surface area contributed by atoms with Crippen molar-refractivity contribution in [1.29, 1.82) is 5.26 Å². The van der Waals surface area contributed by atoms with Gasteiger partial charge in [-0.05, 0) is 52.2 Å². The topological polar surface area (TPSA) is 45.0 Å². The summed E-state index contributed by atoms with van der Waals surface area (Å²) in [6.07, 6.45) is 4.33. The molecule has 1 atom stereocenters. The van der Waals surface area contributed by atoms with Crippen LogP contribution in [0, 0.1) is 16.7 Å². The van der Waals surface area contributed by atoms with Crippen molar-refractivity contribution >= 4 is 5.69 Å². The van der Waals surface area contributed by atoms with Crippen molar-refractivity contribution in [3.05, 3.63) is 24.3 Å². The first-order chi connectivity index (χ1) is 9.96. The maximum Gasteiger partial charge on any atom is 0.121 e. The first kappa shape index (κ1) is 17.4. The predicted octanol–water partition coefficient (Wildman–Crippen LogP) is 5.00. The van der Waals surface area contributed by atoms with Crippen LogP contribution < -0.4 is 10.1 Å². The lowest BCUT2D eigenvalue weighted by atomic mass is 9.89. The molecule has 0 spiro atoms. The molecule has 0 saturated heterocycles. The van der Waals surface area contributed by atoms with Crippen molar-refractivity contribution < 1.29 is 4.74 Å². The van der Waals surface area contributed by atoms with Gasteiger partial charge in [-0.25, -0.2) is 0 Å². The number of nitrogens with one attached hydrogen (secondary N) is 1. The van der Waals surface area contributed by atoms with E-state index < -0.39 is 0 Å². The van der Waals surface area contributed by atoms with Gasteiger partial charge in [-0.15, -0.1) is 0 Å². The molecule has 3 nitrogen and oxygen atoms in total. The number of rotatable bonds is 9. The van der Waals surface area contributed by atoms with Crippen molar-refractivity contribution in [2.45, 2.75) is 59.5 Å². The third-order valence-corrected chi connectivity index (χ3v) is 3.61. The molecule has 1 rings (SSSR count). The van der Waals surface area contributed by atoms with Gasteiger partial charge in [0.25, 0.3) is 0 Å². The summed E-state index contributed by atoms with van der Waals surface area (Å²) in [6, 6.07) is 10.5. The summed E-state index contributed by atoms with van der Waals surface area (Å²) < 4.78 is 5.81.